The molecule has 2 amide bonds. The van der Waals surface area contributed by atoms with Crippen LogP contribution in [0.5, 0.6) is 0 Å². The standard InChI is InChI=1S/C19H21N5O3S2/c1-2-13-10-12(7-8-24(13)19(26)27)20-17-22-23-18(29-17)21-16(25)15-9-11-5-3-4-6-14(11)28-15/h3-6,9,12-13H,2,7-8,10H2,1H3,(H,20,22)(H,26,27)(H,21,23,25). The van der Waals surface area contributed by atoms with Crippen molar-refractivity contribution >= 4 is 55.0 Å². The van der Waals surface area contributed by atoms with E-state index in [4.69, 9.17) is 0 Å². The summed E-state index contributed by atoms with van der Waals surface area (Å²) in [5, 5.41) is 25.7. The van der Waals surface area contributed by atoms with E-state index in [9.17, 15) is 14.7 Å². The summed E-state index contributed by atoms with van der Waals surface area (Å²) in [7, 11) is 0. The summed E-state index contributed by atoms with van der Waals surface area (Å²) in [6, 6.07) is 9.87. The van der Waals surface area contributed by atoms with Crippen LogP contribution in [0.15, 0.2) is 30.3 Å². The lowest BCUT2D eigenvalue weighted by atomic mass is 9.96. The van der Waals surface area contributed by atoms with Gasteiger partial charge in [-0.15, -0.1) is 21.5 Å². The largest absolute Gasteiger partial charge is 0.465 e. The maximum atomic E-state index is 12.5. The number of nitrogens with one attached hydrogen (secondary N) is 2. The van der Waals surface area contributed by atoms with Crippen LogP contribution in [-0.2, 0) is 0 Å². The number of piperidine rings is 1. The van der Waals surface area contributed by atoms with Gasteiger partial charge in [-0.3, -0.25) is 10.1 Å². The molecule has 0 bridgehead atoms. The number of fused-ring (bicyclic) bond motifs is 1. The van der Waals surface area contributed by atoms with Crippen LogP contribution in [0.25, 0.3) is 10.1 Å². The molecule has 3 heterocycles. The molecule has 152 valence electrons. The number of anilines is 2. The maximum Gasteiger partial charge on any atom is 0.407 e. The van der Waals surface area contributed by atoms with Gasteiger partial charge in [0.15, 0.2) is 0 Å². The van der Waals surface area contributed by atoms with Crippen LogP contribution in [-0.4, -0.2) is 50.8 Å². The first kappa shape index (κ1) is 19.6. The van der Waals surface area contributed by atoms with Gasteiger partial charge in [-0.05, 0) is 36.8 Å². The molecule has 2 unspecified atom stereocenters. The zero-order valence-corrected chi connectivity index (χ0v) is 17.4. The topological polar surface area (TPSA) is 107 Å². The fourth-order valence-corrected chi connectivity index (χ4v) is 5.25. The Hall–Kier alpha value is -2.72. The van der Waals surface area contributed by atoms with Crippen LogP contribution in [0.1, 0.15) is 35.9 Å². The third-order valence-electron chi connectivity index (χ3n) is 5.06. The van der Waals surface area contributed by atoms with Gasteiger partial charge in [0.1, 0.15) is 0 Å². The Kier molecular flexibility index (Phi) is 5.63. The molecule has 1 saturated heterocycles. The highest BCUT2D eigenvalue weighted by Gasteiger charge is 2.30. The number of hydrogen-bond donors (Lipinski definition) is 3. The normalized spacial score (nSPS) is 19.3. The molecule has 1 aliphatic heterocycles. The Balaban J connectivity index is 1.37. The van der Waals surface area contributed by atoms with Gasteiger partial charge < -0.3 is 15.3 Å². The highest BCUT2D eigenvalue weighted by Crippen LogP contribution is 2.29. The van der Waals surface area contributed by atoms with E-state index in [0.717, 1.165) is 22.9 Å². The van der Waals surface area contributed by atoms with Crippen molar-refractivity contribution < 1.29 is 14.7 Å². The van der Waals surface area contributed by atoms with Gasteiger partial charge in [0.05, 0.1) is 4.88 Å². The molecule has 0 aliphatic carbocycles. The summed E-state index contributed by atoms with van der Waals surface area (Å²) in [6.07, 6.45) is 1.35. The molecule has 2 aromatic heterocycles. The molecular formula is C19H21N5O3S2. The van der Waals surface area contributed by atoms with E-state index in [1.54, 1.807) is 0 Å². The SMILES string of the molecule is CCC1CC(Nc2nnc(NC(=O)c3cc4ccccc4s3)s2)CCN1C(=O)O. The van der Waals surface area contributed by atoms with Crippen LogP contribution in [0.2, 0.25) is 0 Å². The summed E-state index contributed by atoms with van der Waals surface area (Å²) >= 11 is 2.72. The highest BCUT2D eigenvalue weighted by molar-refractivity contribution is 7.21. The highest BCUT2D eigenvalue weighted by atomic mass is 32.1. The predicted octanol–water partition coefficient (Wildman–Crippen LogP) is 4.34. The van der Waals surface area contributed by atoms with E-state index in [1.165, 1.54) is 27.6 Å². The molecule has 1 aliphatic rings. The molecule has 4 rings (SSSR count). The van der Waals surface area contributed by atoms with Crippen molar-refractivity contribution in [3.63, 3.8) is 0 Å². The molecule has 0 spiro atoms. The van der Waals surface area contributed by atoms with E-state index in [2.05, 4.69) is 20.8 Å². The van der Waals surface area contributed by atoms with Gasteiger partial charge in [0, 0.05) is 23.3 Å². The van der Waals surface area contributed by atoms with Crippen molar-refractivity contribution in [2.24, 2.45) is 0 Å². The number of benzene rings is 1. The van der Waals surface area contributed by atoms with Crippen molar-refractivity contribution in [3.05, 3.63) is 35.2 Å². The Labute approximate surface area is 175 Å². The Bertz CT molecular complexity index is 1000. The van der Waals surface area contributed by atoms with E-state index < -0.39 is 6.09 Å². The van der Waals surface area contributed by atoms with Crippen molar-refractivity contribution in [2.45, 2.75) is 38.3 Å². The second-order valence-electron chi connectivity index (χ2n) is 6.92. The third kappa shape index (κ3) is 4.33. The van der Waals surface area contributed by atoms with E-state index >= 15 is 0 Å². The van der Waals surface area contributed by atoms with Crippen LogP contribution in [0.3, 0.4) is 0 Å². The van der Waals surface area contributed by atoms with Crippen molar-refractivity contribution in [3.8, 4) is 0 Å². The van der Waals surface area contributed by atoms with Crippen LogP contribution < -0.4 is 10.6 Å². The second-order valence-corrected chi connectivity index (χ2v) is 8.98. The smallest absolute Gasteiger partial charge is 0.407 e. The lowest BCUT2D eigenvalue weighted by Crippen LogP contribution is -2.48. The average Bonchev–Trinajstić information content (AvgIpc) is 3.34. The second kappa shape index (κ2) is 8.34. The molecule has 29 heavy (non-hydrogen) atoms. The molecule has 8 nitrogen and oxygen atoms in total. The predicted molar refractivity (Wildman–Crippen MR) is 115 cm³/mol. The Morgan fingerprint density at radius 1 is 1.24 bits per heavy atom. The summed E-state index contributed by atoms with van der Waals surface area (Å²) in [6.45, 7) is 2.50. The van der Waals surface area contributed by atoms with Gasteiger partial charge in [-0.25, -0.2) is 4.79 Å². The summed E-state index contributed by atoms with van der Waals surface area (Å²) in [4.78, 5) is 26.0. The molecular weight excluding hydrogens is 410 g/mol. The number of carbonyl (C=O) groups excluding carboxylic acids is 1. The molecule has 3 aromatic rings. The lowest BCUT2D eigenvalue weighted by Gasteiger charge is -2.37. The number of rotatable bonds is 5. The molecule has 0 saturated carbocycles. The lowest BCUT2D eigenvalue weighted by molar-refractivity contribution is 0.101. The van der Waals surface area contributed by atoms with Gasteiger partial charge in [0.25, 0.3) is 5.91 Å². The molecule has 10 heteroatoms. The first-order valence-electron chi connectivity index (χ1n) is 9.43. The van der Waals surface area contributed by atoms with Gasteiger partial charge in [-0.1, -0.05) is 36.5 Å². The minimum atomic E-state index is -0.863. The summed E-state index contributed by atoms with van der Waals surface area (Å²) < 4.78 is 1.07. The number of carboxylic acid groups (broad SMARTS) is 1. The first-order valence-corrected chi connectivity index (χ1v) is 11.1. The maximum absolute atomic E-state index is 12.5. The fourth-order valence-electron chi connectivity index (χ4n) is 3.58. The minimum absolute atomic E-state index is 0.00111. The number of nitrogens with zero attached hydrogens (tertiary/aromatic N) is 3. The van der Waals surface area contributed by atoms with Crippen LogP contribution in [0, 0.1) is 0 Å². The number of likely N-dealkylation sites (tertiary alicyclic amines) is 1. The number of amides is 2. The van der Waals surface area contributed by atoms with Crippen molar-refractivity contribution in [1.29, 1.82) is 0 Å². The average molecular weight is 432 g/mol. The Morgan fingerprint density at radius 3 is 2.79 bits per heavy atom. The zero-order valence-electron chi connectivity index (χ0n) is 15.8. The minimum Gasteiger partial charge on any atom is -0.465 e. The number of hydrogen-bond acceptors (Lipinski definition) is 7. The van der Waals surface area contributed by atoms with E-state index in [1.807, 2.05) is 37.3 Å². The molecule has 0 radical (unpaired) electrons. The molecule has 2 atom stereocenters. The van der Waals surface area contributed by atoms with Crippen LogP contribution >= 0.6 is 22.7 Å². The van der Waals surface area contributed by atoms with Crippen molar-refractivity contribution in [1.82, 2.24) is 15.1 Å². The van der Waals surface area contributed by atoms with Gasteiger partial charge in [-0.2, -0.15) is 0 Å². The zero-order chi connectivity index (χ0) is 20.4. The van der Waals surface area contributed by atoms with Crippen molar-refractivity contribution in [2.75, 3.05) is 17.2 Å². The number of carbonyl (C=O) groups is 2. The van der Waals surface area contributed by atoms with Crippen LogP contribution in [0.4, 0.5) is 15.1 Å². The first-order chi connectivity index (χ1) is 14.0. The quantitative estimate of drug-likeness (QED) is 0.555. The number of aromatic nitrogens is 2. The summed E-state index contributed by atoms with van der Waals surface area (Å²) in [5.74, 6) is -0.199. The molecule has 1 fully saturated rings. The third-order valence-corrected chi connectivity index (χ3v) is 6.94. The van der Waals surface area contributed by atoms with E-state index in [0.29, 0.717) is 28.1 Å². The van der Waals surface area contributed by atoms with E-state index in [-0.39, 0.29) is 18.0 Å². The Morgan fingerprint density at radius 2 is 2.03 bits per heavy atom. The van der Waals surface area contributed by atoms with Gasteiger partial charge >= 0.3 is 6.09 Å². The summed E-state index contributed by atoms with van der Waals surface area (Å²) in [5.41, 5.74) is 0. The number of thiophene rings is 1. The monoisotopic (exact) mass is 431 g/mol. The van der Waals surface area contributed by atoms with Gasteiger partial charge in [0.2, 0.25) is 10.3 Å². The molecule has 1 aromatic carbocycles. The molecule has 3 N–H and O–H groups in total. The fraction of sp³-hybridized carbons (Fsp3) is 0.368.